The summed E-state index contributed by atoms with van der Waals surface area (Å²) < 4.78 is 0. The topological polar surface area (TPSA) is 65.0 Å². The van der Waals surface area contributed by atoms with Crippen LogP contribution >= 0.6 is 0 Å². The second-order valence-corrected chi connectivity index (χ2v) is 9.86. The summed E-state index contributed by atoms with van der Waals surface area (Å²) in [6, 6.07) is 19.0. The van der Waals surface area contributed by atoms with Crippen LogP contribution in [-0.2, 0) is 16.0 Å². The summed E-state index contributed by atoms with van der Waals surface area (Å²) in [6.07, 6.45) is 5.99. The number of carbonyl (C=O) groups excluding carboxylic acids is 2. The summed E-state index contributed by atoms with van der Waals surface area (Å²) in [5.74, 6) is 0.751. The third-order valence-electron chi connectivity index (χ3n) is 7.09. The van der Waals surface area contributed by atoms with E-state index in [0.717, 1.165) is 43.2 Å². The molecule has 6 nitrogen and oxygen atoms in total. The molecule has 0 atom stereocenters. The van der Waals surface area contributed by atoms with Gasteiger partial charge in [-0.05, 0) is 69.3 Å². The number of rotatable bonds is 10. The van der Waals surface area contributed by atoms with Crippen molar-refractivity contribution in [3.8, 4) is 0 Å². The molecular formula is C29H38N4O2. The van der Waals surface area contributed by atoms with E-state index < -0.39 is 0 Å². The van der Waals surface area contributed by atoms with Gasteiger partial charge in [-0.2, -0.15) is 5.10 Å². The molecule has 35 heavy (non-hydrogen) atoms. The first-order valence-corrected chi connectivity index (χ1v) is 13.0. The maximum atomic E-state index is 12.3. The smallest absolute Gasteiger partial charge is 0.243 e. The molecule has 6 heteroatoms. The third-order valence-corrected chi connectivity index (χ3v) is 7.09. The number of nitrogens with one attached hydrogen (secondary N) is 1. The zero-order valence-electron chi connectivity index (χ0n) is 20.9. The Kier molecular flexibility index (Phi) is 9.07. The molecule has 186 valence electrons. The van der Waals surface area contributed by atoms with E-state index in [9.17, 15) is 9.59 Å². The molecule has 0 unspecified atom stereocenters. The number of piperidine rings is 1. The Bertz CT molecular complexity index is 995. The first kappa shape index (κ1) is 25.1. The van der Waals surface area contributed by atoms with E-state index in [1.54, 1.807) is 0 Å². The van der Waals surface area contributed by atoms with Crippen molar-refractivity contribution in [2.45, 2.75) is 51.9 Å². The number of hydrogen-bond acceptors (Lipinski definition) is 4. The van der Waals surface area contributed by atoms with E-state index in [0.29, 0.717) is 25.9 Å². The van der Waals surface area contributed by atoms with Crippen LogP contribution in [0.25, 0.3) is 0 Å². The molecule has 0 saturated carbocycles. The number of carbonyl (C=O) groups is 2. The van der Waals surface area contributed by atoms with Crippen molar-refractivity contribution in [3.63, 3.8) is 0 Å². The van der Waals surface area contributed by atoms with Crippen molar-refractivity contribution in [2.24, 2.45) is 11.0 Å². The predicted octanol–water partition coefficient (Wildman–Crippen LogP) is 4.17. The Morgan fingerprint density at radius 3 is 2.49 bits per heavy atom. The highest BCUT2D eigenvalue weighted by molar-refractivity contribution is 6.04. The zero-order valence-corrected chi connectivity index (χ0v) is 20.9. The van der Waals surface area contributed by atoms with Crippen LogP contribution in [0.5, 0.6) is 0 Å². The summed E-state index contributed by atoms with van der Waals surface area (Å²) in [5.41, 5.74) is 4.60. The number of amides is 2. The van der Waals surface area contributed by atoms with Crippen molar-refractivity contribution in [1.82, 2.24) is 15.2 Å². The Labute approximate surface area is 209 Å². The van der Waals surface area contributed by atoms with E-state index in [1.807, 2.05) is 12.1 Å². The van der Waals surface area contributed by atoms with Gasteiger partial charge in [0.1, 0.15) is 0 Å². The van der Waals surface area contributed by atoms with Gasteiger partial charge in [0.15, 0.2) is 0 Å². The highest BCUT2D eigenvalue weighted by Crippen LogP contribution is 2.21. The Morgan fingerprint density at radius 1 is 1.00 bits per heavy atom. The van der Waals surface area contributed by atoms with Crippen LogP contribution in [-0.4, -0.2) is 60.2 Å². The SMILES string of the molecule is Cc1ccc(C2=NN(CCC(=O)NCCCN3CCC(Cc4ccccc4)CC3)C(=O)CC2)cc1. The van der Waals surface area contributed by atoms with Crippen LogP contribution in [0.3, 0.4) is 0 Å². The maximum absolute atomic E-state index is 12.3. The largest absolute Gasteiger partial charge is 0.356 e. The summed E-state index contributed by atoms with van der Waals surface area (Å²) in [5, 5.41) is 9.02. The van der Waals surface area contributed by atoms with Crippen LogP contribution in [0.1, 0.15) is 55.2 Å². The average molecular weight is 475 g/mol. The molecule has 1 saturated heterocycles. The molecule has 0 bridgehead atoms. The molecule has 2 heterocycles. The molecular weight excluding hydrogens is 436 g/mol. The van der Waals surface area contributed by atoms with Crippen LogP contribution in [0, 0.1) is 12.8 Å². The van der Waals surface area contributed by atoms with Gasteiger partial charge in [0.25, 0.3) is 0 Å². The van der Waals surface area contributed by atoms with Gasteiger partial charge in [-0.25, -0.2) is 5.01 Å². The first-order valence-electron chi connectivity index (χ1n) is 13.0. The van der Waals surface area contributed by atoms with E-state index in [1.165, 1.54) is 35.4 Å². The zero-order chi connectivity index (χ0) is 24.5. The Balaban J connectivity index is 1.11. The first-order chi connectivity index (χ1) is 17.1. The Hall–Kier alpha value is -2.99. The minimum absolute atomic E-state index is 0.00988. The van der Waals surface area contributed by atoms with Gasteiger partial charge in [0.05, 0.1) is 12.3 Å². The number of benzene rings is 2. The molecule has 1 N–H and O–H groups in total. The van der Waals surface area contributed by atoms with Gasteiger partial charge in [0.2, 0.25) is 11.8 Å². The van der Waals surface area contributed by atoms with Crippen molar-refractivity contribution < 1.29 is 9.59 Å². The fraction of sp³-hybridized carbons (Fsp3) is 0.483. The molecule has 2 aliphatic rings. The monoisotopic (exact) mass is 474 g/mol. The minimum atomic E-state index is -0.0166. The van der Waals surface area contributed by atoms with Crippen LogP contribution in [0.2, 0.25) is 0 Å². The van der Waals surface area contributed by atoms with E-state index in [-0.39, 0.29) is 18.2 Å². The van der Waals surface area contributed by atoms with Gasteiger partial charge < -0.3 is 10.2 Å². The quantitative estimate of drug-likeness (QED) is 0.526. The van der Waals surface area contributed by atoms with E-state index >= 15 is 0 Å². The summed E-state index contributed by atoms with van der Waals surface area (Å²) in [4.78, 5) is 27.1. The molecule has 2 amide bonds. The molecule has 0 aliphatic carbocycles. The summed E-state index contributed by atoms with van der Waals surface area (Å²) >= 11 is 0. The number of hydrogen-bond donors (Lipinski definition) is 1. The van der Waals surface area contributed by atoms with E-state index in [4.69, 9.17) is 0 Å². The lowest BCUT2D eigenvalue weighted by molar-refractivity contribution is -0.132. The molecule has 4 rings (SSSR count). The van der Waals surface area contributed by atoms with Crippen LogP contribution < -0.4 is 5.32 Å². The van der Waals surface area contributed by atoms with Crippen LogP contribution in [0.15, 0.2) is 59.7 Å². The molecule has 0 spiro atoms. The van der Waals surface area contributed by atoms with Crippen molar-refractivity contribution in [3.05, 3.63) is 71.3 Å². The number of nitrogens with zero attached hydrogens (tertiary/aromatic N) is 3. The lowest BCUT2D eigenvalue weighted by Crippen LogP contribution is -2.37. The van der Waals surface area contributed by atoms with Gasteiger partial charge in [-0.15, -0.1) is 0 Å². The highest BCUT2D eigenvalue weighted by Gasteiger charge is 2.22. The van der Waals surface area contributed by atoms with Crippen molar-refractivity contribution >= 4 is 17.5 Å². The van der Waals surface area contributed by atoms with Gasteiger partial charge in [-0.3, -0.25) is 9.59 Å². The number of hydrazone groups is 1. The van der Waals surface area contributed by atoms with Gasteiger partial charge in [-0.1, -0.05) is 60.2 Å². The highest BCUT2D eigenvalue weighted by atomic mass is 16.2. The average Bonchev–Trinajstić information content (AvgIpc) is 2.88. The van der Waals surface area contributed by atoms with Gasteiger partial charge >= 0.3 is 0 Å². The lowest BCUT2D eigenvalue weighted by Gasteiger charge is -2.32. The van der Waals surface area contributed by atoms with Gasteiger partial charge in [0, 0.05) is 25.8 Å². The van der Waals surface area contributed by atoms with Crippen LogP contribution in [0.4, 0.5) is 0 Å². The third kappa shape index (κ3) is 7.76. The lowest BCUT2D eigenvalue weighted by atomic mass is 9.90. The number of aryl methyl sites for hydroxylation is 1. The predicted molar refractivity (Wildman–Crippen MR) is 140 cm³/mol. The summed E-state index contributed by atoms with van der Waals surface area (Å²) in [6.45, 7) is 6.36. The summed E-state index contributed by atoms with van der Waals surface area (Å²) in [7, 11) is 0. The second-order valence-electron chi connectivity index (χ2n) is 9.86. The molecule has 2 aromatic carbocycles. The molecule has 2 aliphatic heterocycles. The fourth-order valence-corrected chi connectivity index (χ4v) is 4.92. The molecule has 0 aromatic heterocycles. The molecule has 0 radical (unpaired) electrons. The standard InChI is InChI=1S/C29H38N4O2/c1-23-8-10-26(11-9-23)27-12-13-29(35)33(31-27)21-16-28(34)30-17-5-18-32-19-14-25(15-20-32)22-24-6-3-2-4-7-24/h2-4,6-11,25H,5,12-22H2,1H3,(H,30,34). The van der Waals surface area contributed by atoms with Crippen molar-refractivity contribution in [1.29, 1.82) is 0 Å². The maximum Gasteiger partial charge on any atom is 0.243 e. The molecule has 1 fully saturated rings. The van der Waals surface area contributed by atoms with E-state index in [2.05, 4.69) is 64.7 Å². The second kappa shape index (κ2) is 12.6. The van der Waals surface area contributed by atoms with Crippen molar-refractivity contribution in [2.75, 3.05) is 32.7 Å². The normalized spacial score (nSPS) is 17.3. The minimum Gasteiger partial charge on any atom is -0.356 e. The fourth-order valence-electron chi connectivity index (χ4n) is 4.92. The number of likely N-dealkylation sites (tertiary alicyclic amines) is 1. The Morgan fingerprint density at radius 2 is 1.74 bits per heavy atom. The molecule has 2 aromatic rings.